The minimum atomic E-state index is 0.434. The van der Waals surface area contributed by atoms with Crippen LogP contribution in [0.2, 0.25) is 0 Å². The molecule has 0 aromatic carbocycles. The van der Waals surface area contributed by atoms with Crippen LogP contribution in [0.25, 0.3) is 0 Å². The molecule has 0 saturated carbocycles. The summed E-state index contributed by atoms with van der Waals surface area (Å²) in [4.78, 5) is 4.07. The molecule has 2 heteroatoms. The van der Waals surface area contributed by atoms with Gasteiger partial charge in [0.25, 0.3) is 0 Å². The third-order valence-electron chi connectivity index (χ3n) is 2.05. The van der Waals surface area contributed by atoms with Crippen LogP contribution >= 0.6 is 0 Å². The Morgan fingerprint density at radius 3 is 3.09 bits per heavy atom. The van der Waals surface area contributed by atoms with Gasteiger partial charge in [-0.05, 0) is 24.5 Å². The fourth-order valence-corrected chi connectivity index (χ4v) is 1.47. The highest BCUT2D eigenvalue weighted by molar-refractivity contribution is 5.14. The van der Waals surface area contributed by atoms with E-state index >= 15 is 0 Å². The number of nitrogens with zero attached hydrogens (tertiary/aromatic N) is 2. The van der Waals surface area contributed by atoms with Crippen molar-refractivity contribution in [3.05, 3.63) is 30.1 Å². The molecule has 1 radical (unpaired) electrons. The second-order valence-corrected chi connectivity index (χ2v) is 2.85. The van der Waals surface area contributed by atoms with Gasteiger partial charge < -0.3 is 0 Å². The molecule has 1 fully saturated rings. The van der Waals surface area contributed by atoms with Gasteiger partial charge >= 0.3 is 0 Å². The van der Waals surface area contributed by atoms with E-state index < -0.39 is 0 Å². The number of hydrogen-bond acceptors (Lipinski definition) is 1. The van der Waals surface area contributed by atoms with Gasteiger partial charge in [0, 0.05) is 18.9 Å². The Balaban J connectivity index is 2.16. The number of aromatic nitrogens is 1. The first kappa shape index (κ1) is 6.80. The molecule has 1 aliphatic rings. The topological polar surface area (TPSA) is 27.0 Å². The zero-order valence-corrected chi connectivity index (χ0v) is 6.40. The lowest BCUT2D eigenvalue weighted by Gasteiger charge is -2.06. The van der Waals surface area contributed by atoms with Gasteiger partial charge in [0.15, 0.2) is 0 Å². The molecule has 2 heterocycles. The molecule has 11 heavy (non-hydrogen) atoms. The van der Waals surface area contributed by atoms with Crippen LogP contribution < -0.4 is 5.32 Å². The lowest BCUT2D eigenvalue weighted by atomic mass is 10.1. The van der Waals surface area contributed by atoms with E-state index in [9.17, 15) is 0 Å². The van der Waals surface area contributed by atoms with Crippen molar-refractivity contribution >= 4 is 0 Å². The maximum Gasteiger partial charge on any atom is 0.0511 e. The summed E-state index contributed by atoms with van der Waals surface area (Å²) in [6.45, 7) is 1.03. The van der Waals surface area contributed by atoms with Crippen LogP contribution in [0.4, 0.5) is 0 Å². The van der Waals surface area contributed by atoms with Gasteiger partial charge in [-0.1, -0.05) is 6.07 Å². The summed E-state index contributed by atoms with van der Waals surface area (Å²) in [5, 5.41) is 4.47. The summed E-state index contributed by atoms with van der Waals surface area (Å²) in [6, 6.07) is 4.51. The Morgan fingerprint density at radius 1 is 1.45 bits per heavy atom. The highest BCUT2D eigenvalue weighted by Crippen LogP contribution is 2.22. The largest absolute Gasteiger partial charge is 0.264 e. The number of pyridine rings is 1. The maximum absolute atomic E-state index is 4.47. The zero-order valence-electron chi connectivity index (χ0n) is 6.40. The maximum atomic E-state index is 4.47. The Hall–Kier alpha value is -0.890. The zero-order chi connectivity index (χ0) is 7.52. The van der Waals surface area contributed by atoms with E-state index in [1.807, 2.05) is 12.3 Å². The van der Waals surface area contributed by atoms with Crippen LogP contribution in [-0.2, 0) is 0 Å². The second-order valence-electron chi connectivity index (χ2n) is 2.85. The molecule has 1 aromatic heterocycles. The predicted molar refractivity (Wildman–Crippen MR) is 43.2 cm³/mol. The average molecular weight is 147 g/mol. The molecule has 1 saturated heterocycles. The average Bonchev–Trinajstić information content (AvgIpc) is 2.58. The third-order valence-corrected chi connectivity index (χ3v) is 2.05. The first-order chi connectivity index (χ1) is 5.47. The summed E-state index contributed by atoms with van der Waals surface area (Å²) in [5.41, 5.74) is 1.27. The molecule has 1 unspecified atom stereocenters. The van der Waals surface area contributed by atoms with Crippen LogP contribution in [0.5, 0.6) is 0 Å². The molecular weight excluding hydrogens is 136 g/mol. The Morgan fingerprint density at radius 2 is 2.45 bits per heavy atom. The fraction of sp³-hybridized carbons (Fsp3) is 0.444. The normalized spacial score (nSPS) is 23.8. The van der Waals surface area contributed by atoms with Crippen molar-refractivity contribution in [1.82, 2.24) is 10.3 Å². The highest BCUT2D eigenvalue weighted by atomic mass is 14.9. The van der Waals surface area contributed by atoms with Gasteiger partial charge in [-0.25, -0.2) is 5.32 Å². The molecule has 1 aromatic rings. The van der Waals surface area contributed by atoms with Crippen LogP contribution in [0.15, 0.2) is 24.5 Å². The van der Waals surface area contributed by atoms with Gasteiger partial charge in [0.05, 0.1) is 6.04 Å². The van der Waals surface area contributed by atoms with E-state index in [0.29, 0.717) is 6.04 Å². The Kier molecular flexibility index (Phi) is 1.86. The SMILES string of the molecule is c1cncc(C2CCC[N]2)c1. The van der Waals surface area contributed by atoms with Crippen molar-refractivity contribution in [3.63, 3.8) is 0 Å². The van der Waals surface area contributed by atoms with E-state index in [1.165, 1.54) is 18.4 Å². The molecule has 0 aliphatic carbocycles. The number of rotatable bonds is 1. The van der Waals surface area contributed by atoms with Crippen molar-refractivity contribution < 1.29 is 0 Å². The van der Waals surface area contributed by atoms with E-state index in [1.54, 1.807) is 6.20 Å². The second kappa shape index (κ2) is 3.01. The molecular formula is C9H11N2. The molecule has 1 aliphatic heterocycles. The molecule has 57 valence electrons. The Bertz CT molecular complexity index is 214. The number of hydrogen-bond donors (Lipinski definition) is 0. The van der Waals surface area contributed by atoms with Gasteiger partial charge in [0.1, 0.15) is 0 Å². The van der Waals surface area contributed by atoms with Gasteiger partial charge in [-0.2, -0.15) is 0 Å². The third kappa shape index (κ3) is 1.40. The van der Waals surface area contributed by atoms with Crippen molar-refractivity contribution in [1.29, 1.82) is 0 Å². The van der Waals surface area contributed by atoms with Crippen molar-refractivity contribution in [2.75, 3.05) is 6.54 Å². The van der Waals surface area contributed by atoms with Crippen LogP contribution in [0.1, 0.15) is 24.4 Å². The smallest absolute Gasteiger partial charge is 0.0511 e. The predicted octanol–water partition coefficient (Wildman–Crippen LogP) is 1.52. The monoisotopic (exact) mass is 147 g/mol. The molecule has 0 amide bonds. The molecule has 0 N–H and O–H groups in total. The van der Waals surface area contributed by atoms with Gasteiger partial charge in [-0.3, -0.25) is 4.98 Å². The van der Waals surface area contributed by atoms with Crippen LogP contribution in [0.3, 0.4) is 0 Å². The molecule has 0 spiro atoms. The van der Waals surface area contributed by atoms with E-state index in [0.717, 1.165) is 6.54 Å². The fourth-order valence-electron chi connectivity index (χ4n) is 1.47. The quantitative estimate of drug-likeness (QED) is 0.591. The Labute approximate surface area is 66.7 Å². The van der Waals surface area contributed by atoms with E-state index in [2.05, 4.69) is 16.4 Å². The summed E-state index contributed by atoms with van der Waals surface area (Å²) in [7, 11) is 0. The summed E-state index contributed by atoms with van der Waals surface area (Å²) >= 11 is 0. The van der Waals surface area contributed by atoms with Crippen LogP contribution in [-0.4, -0.2) is 11.5 Å². The molecule has 1 atom stereocenters. The highest BCUT2D eigenvalue weighted by Gasteiger charge is 2.16. The van der Waals surface area contributed by atoms with Gasteiger partial charge in [0.2, 0.25) is 0 Å². The van der Waals surface area contributed by atoms with Crippen molar-refractivity contribution in [2.45, 2.75) is 18.9 Å². The van der Waals surface area contributed by atoms with Crippen LogP contribution in [0, 0.1) is 0 Å². The summed E-state index contributed by atoms with van der Waals surface area (Å²) < 4.78 is 0. The van der Waals surface area contributed by atoms with Crippen molar-refractivity contribution in [2.24, 2.45) is 0 Å². The lowest BCUT2D eigenvalue weighted by molar-refractivity contribution is 0.633. The minimum absolute atomic E-state index is 0.434. The lowest BCUT2D eigenvalue weighted by Crippen LogP contribution is -2.04. The van der Waals surface area contributed by atoms with Crippen molar-refractivity contribution in [3.8, 4) is 0 Å². The summed E-state index contributed by atoms with van der Waals surface area (Å²) in [6.07, 6.45) is 6.16. The standard InChI is InChI=1S/C9H11N2/c1-3-8(7-10-5-1)9-4-2-6-11-9/h1,3,5,7,9H,2,4,6H2. The summed E-state index contributed by atoms with van der Waals surface area (Å²) in [5.74, 6) is 0. The van der Waals surface area contributed by atoms with E-state index in [4.69, 9.17) is 0 Å². The molecule has 0 bridgehead atoms. The first-order valence-corrected chi connectivity index (χ1v) is 4.03. The van der Waals surface area contributed by atoms with E-state index in [-0.39, 0.29) is 0 Å². The first-order valence-electron chi connectivity index (χ1n) is 4.03. The molecule has 2 rings (SSSR count). The van der Waals surface area contributed by atoms with Gasteiger partial charge in [-0.15, -0.1) is 0 Å². The minimum Gasteiger partial charge on any atom is -0.264 e. The molecule has 2 nitrogen and oxygen atoms in total.